The molecule has 0 aromatic carbocycles. The summed E-state index contributed by atoms with van der Waals surface area (Å²) in [6, 6.07) is 0. The molecule has 0 saturated carbocycles. The molecule has 0 amide bonds. The van der Waals surface area contributed by atoms with E-state index in [1.807, 2.05) is 0 Å². The summed E-state index contributed by atoms with van der Waals surface area (Å²) >= 11 is 0. The molecule has 1 unspecified atom stereocenters. The van der Waals surface area contributed by atoms with Crippen LogP contribution in [0.15, 0.2) is 18.7 Å². The van der Waals surface area contributed by atoms with Crippen LogP contribution in [0.1, 0.15) is 6.23 Å². The fraction of sp³-hybridized carbons (Fsp3) is 0.400. The summed E-state index contributed by atoms with van der Waals surface area (Å²) < 4.78 is 0.944. The number of aliphatic hydroxyl groups is 4. The minimum absolute atomic E-state index is 0.944. The Hall–Kier alpha value is -0.950. The molecule has 0 radical (unpaired) electrons. The summed E-state index contributed by atoms with van der Waals surface area (Å²) in [4.78, 5) is 3.53. The first-order valence-corrected chi connectivity index (χ1v) is 2.84. The van der Waals surface area contributed by atoms with Gasteiger partial charge in [0.05, 0.1) is 6.33 Å². The molecule has 1 aromatic heterocycles. The van der Waals surface area contributed by atoms with Crippen molar-refractivity contribution in [3.8, 4) is 0 Å². The Bertz CT molecular complexity index is 215. The fourth-order valence-electron chi connectivity index (χ4n) is 0.614. The molecule has 1 aromatic rings. The van der Waals surface area contributed by atoms with Crippen molar-refractivity contribution < 1.29 is 20.4 Å². The van der Waals surface area contributed by atoms with E-state index in [1.165, 1.54) is 12.4 Å². The van der Waals surface area contributed by atoms with Gasteiger partial charge in [-0.2, -0.15) is 0 Å². The summed E-state index contributed by atoms with van der Waals surface area (Å²) in [5, 5.41) is 34.3. The first-order chi connectivity index (χ1) is 5.02. The Morgan fingerprint density at radius 1 is 1.36 bits per heavy atom. The first-order valence-electron chi connectivity index (χ1n) is 2.84. The van der Waals surface area contributed by atoms with E-state index in [2.05, 4.69) is 4.98 Å². The van der Waals surface area contributed by atoms with Gasteiger partial charge in [0.1, 0.15) is 0 Å². The normalized spacial score (nSPS) is 14.9. The van der Waals surface area contributed by atoms with Crippen molar-refractivity contribution in [2.24, 2.45) is 0 Å². The molecule has 0 bridgehead atoms. The summed E-state index contributed by atoms with van der Waals surface area (Å²) in [6.07, 6.45) is 1.92. The highest BCUT2D eigenvalue weighted by atomic mass is 16.7. The highest BCUT2D eigenvalue weighted by molar-refractivity contribution is 4.78. The number of aliphatic hydroxyl groups excluding tert-OH is 1. The van der Waals surface area contributed by atoms with E-state index in [0.717, 1.165) is 10.9 Å². The van der Waals surface area contributed by atoms with Crippen LogP contribution in [-0.4, -0.2) is 36.0 Å². The zero-order valence-corrected chi connectivity index (χ0v) is 5.49. The molecule has 0 saturated heterocycles. The zero-order valence-electron chi connectivity index (χ0n) is 5.49. The van der Waals surface area contributed by atoms with E-state index in [1.54, 1.807) is 0 Å². The SMILES string of the molecule is OC(n1ccnc1)C(O)(O)O. The second-order valence-corrected chi connectivity index (χ2v) is 2.07. The maximum atomic E-state index is 8.92. The van der Waals surface area contributed by atoms with Crippen molar-refractivity contribution in [3.63, 3.8) is 0 Å². The van der Waals surface area contributed by atoms with Crippen LogP contribution in [0.4, 0.5) is 0 Å². The van der Waals surface area contributed by atoms with Crippen LogP contribution in [-0.2, 0) is 0 Å². The number of rotatable bonds is 2. The minimum Gasteiger partial charge on any atom is -0.366 e. The Morgan fingerprint density at radius 3 is 2.36 bits per heavy atom. The Balaban J connectivity index is 2.78. The quantitative estimate of drug-likeness (QED) is 0.375. The molecule has 6 heteroatoms. The van der Waals surface area contributed by atoms with Crippen LogP contribution in [0, 0.1) is 0 Å². The summed E-state index contributed by atoms with van der Waals surface area (Å²) in [5.41, 5.74) is 0. The average molecular weight is 160 g/mol. The van der Waals surface area contributed by atoms with Gasteiger partial charge in [0.2, 0.25) is 6.23 Å². The molecule has 1 rings (SSSR count). The third-order valence-corrected chi connectivity index (χ3v) is 1.15. The molecule has 62 valence electrons. The summed E-state index contributed by atoms with van der Waals surface area (Å²) in [6.45, 7) is 0. The predicted molar refractivity (Wildman–Crippen MR) is 32.9 cm³/mol. The summed E-state index contributed by atoms with van der Waals surface area (Å²) in [5.74, 6) is -3.14. The van der Waals surface area contributed by atoms with Crippen LogP contribution in [0.3, 0.4) is 0 Å². The standard InChI is InChI=1S/C5H8N2O4/c8-4(5(9,10)11)7-2-1-6-3-7/h1-4,8-11H. The third kappa shape index (κ3) is 1.75. The minimum atomic E-state index is -3.14. The molecule has 11 heavy (non-hydrogen) atoms. The summed E-state index contributed by atoms with van der Waals surface area (Å²) in [7, 11) is 0. The Kier molecular flexibility index (Phi) is 1.92. The maximum Gasteiger partial charge on any atom is 0.323 e. The van der Waals surface area contributed by atoms with Crippen molar-refractivity contribution in [3.05, 3.63) is 18.7 Å². The fourth-order valence-corrected chi connectivity index (χ4v) is 0.614. The highest BCUT2D eigenvalue weighted by Gasteiger charge is 2.31. The van der Waals surface area contributed by atoms with Crippen molar-refractivity contribution in [2.75, 3.05) is 0 Å². The van der Waals surface area contributed by atoms with Crippen molar-refractivity contribution in [1.82, 2.24) is 9.55 Å². The zero-order chi connectivity index (χ0) is 8.48. The van der Waals surface area contributed by atoms with E-state index >= 15 is 0 Å². The van der Waals surface area contributed by atoms with Gasteiger partial charge in [-0.3, -0.25) is 0 Å². The average Bonchev–Trinajstić information content (AvgIpc) is 2.34. The monoisotopic (exact) mass is 160 g/mol. The number of imidazole rings is 1. The molecule has 0 aliphatic carbocycles. The lowest BCUT2D eigenvalue weighted by atomic mass is 10.5. The van der Waals surface area contributed by atoms with Crippen LogP contribution < -0.4 is 0 Å². The van der Waals surface area contributed by atoms with Gasteiger partial charge in [0, 0.05) is 12.4 Å². The van der Waals surface area contributed by atoms with Crippen LogP contribution >= 0.6 is 0 Å². The molecule has 0 fully saturated rings. The van der Waals surface area contributed by atoms with Gasteiger partial charge in [-0.05, 0) is 0 Å². The first kappa shape index (κ1) is 8.15. The van der Waals surface area contributed by atoms with Crippen LogP contribution in [0.5, 0.6) is 0 Å². The predicted octanol–water partition coefficient (Wildman–Crippen LogP) is -2.00. The molecule has 0 aliphatic rings. The van der Waals surface area contributed by atoms with Gasteiger partial charge in [0.15, 0.2) is 0 Å². The molecule has 0 spiro atoms. The molecule has 4 N–H and O–H groups in total. The van der Waals surface area contributed by atoms with E-state index < -0.39 is 12.2 Å². The second kappa shape index (κ2) is 2.59. The largest absolute Gasteiger partial charge is 0.366 e. The lowest BCUT2D eigenvalue weighted by Crippen LogP contribution is -2.38. The topological polar surface area (TPSA) is 98.7 Å². The lowest BCUT2D eigenvalue weighted by Gasteiger charge is -2.21. The number of hydrogen-bond donors (Lipinski definition) is 4. The maximum absolute atomic E-state index is 8.92. The van der Waals surface area contributed by atoms with Gasteiger partial charge >= 0.3 is 5.97 Å². The second-order valence-electron chi connectivity index (χ2n) is 2.07. The van der Waals surface area contributed by atoms with Gasteiger partial charge in [-0.15, -0.1) is 0 Å². The molecular weight excluding hydrogens is 152 g/mol. The van der Waals surface area contributed by atoms with Gasteiger partial charge in [-0.1, -0.05) is 0 Å². The van der Waals surface area contributed by atoms with Crippen molar-refractivity contribution in [2.45, 2.75) is 12.2 Å². The molecule has 6 nitrogen and oxygen atoms in total. The molecule has 1 heterocycles. The van der Waals surface area contributed by atoms with Crippen LogP contribution in [0.25, 0.3) is 0 Å². The van der Waals surface area contributed by atoms with Crippen molar-refractivity contribution >= 4 is 0 Å². The van der Waals surface area contributed by atoms with Crippen LogP contribution in [0.2, 0.25) is 0 Å². The van der Waals surface area contributed by atoms with E-state index in [9.17, 15) is 0 Å². The molecule has 1 atom stereocenters. The van der Waals surface area contributed by atoms with Gasteiger partial charge < -0.3 is 25.0 Å². The van der Waals surface area contributed by atoms with E-state index in [4.69, 9.17) is 20.4 Å². The third-order valence-electron chi connectivity index (χ3n) is 1.15. The molecular formula is C5H8N2O4. The Labute approximate surface area is 62.0 Å². The highest BCUT2D eigenvalue weighted by Crippen LogP contribution is 2.12. The Morgan fingerprint density at radius 2 is 2.00 bits per heavy atom. The van der Waals surface area contributed by atoms with Gasteiger partial charge in [0.25, 0.3) is 0 Å². The lowest BCUT2D eigenvalue weighted by molar-refractivity contribution is -0.372. The van der Waals surface area contributed by atoms with Gasteiger partial charge in [-0.25, -0.2) is 4.98 Å². The number of nitrogens with zero attached hydrogens (tertiary/aromatic N) is 2. The molecule has 0 aliphatic heterocycles. The smallest absolute Gasteiger partial charge is 0.323 e. The van der Waals surface area contributed by atoms with E-state index in [0.29, 0.717) is 0 Å². The van der Waals surface area contributed by atoms with Crippen molar-refractivity contribution in [1.29, 1.82) is 0 Å². The number of hydrogen-bond acceptors (Lipinski definition) is 5. The number of aromatic nitrogens is 2. The van der Waals surface area contributed by atoms with E-state index in [-0.39, 0.29) is 0 Å².